The molecule has 1 aromatic carbocycles. The Labute approximate surface area is 107 Å². The maximum atomic E-state index is 3.68. The van der Waals surface area contributed by atoms with Crippen LogP contribution in [0, 0.1) is 5.92 Å². The maximum absolute atomic E-state index is 3.68. The molecule has 0 aromatic heterocycles. The number of rotatable bonds is 8. The SMILES string of the molecule is CCCNC(Cc1ccccc1)CC(C)CC. The summed E-state index contributed by atoms with van der Waals surface area (Å²) in [7, 11) is 0. The molecule has 0 heterocycles. The molecule has 0 bridgehead atoms. The highest BCUT2D eigenvalue weighted by molar-refractivity contribution is 5.15. The van der Waals surface area contributed by atoms with Crippen molar-refractivity contribution >= 4 is 0 Å². The van der Waals surface area contributed by atoms with Crippen molar-refractivity contribution in [1.82, 2.24) is 5.32 Å². The Hall–Kier alpha value is -0.820. The smallest absolute Gasteiger partial charge is 0.0110 e. The average Bonchev–Trinajstić information content (AvgIpc) is 2.37. The minimum absolute atomic E-state index is 0.632. The predicted molar refractivity (Wildman–Crippen MR) is 76.3 cm³/mol. The molecule has 0 fully saturated rings. The van der Waals surface area contributed by atoms with Crippen LogP contribution >= 0.6 is 0 Å². The fraction of sp³-hybridized carbons (Fsp3) is 0.625. The highest BCUT2D eigenvalue weighted by Gasteiger charge is 2.11. The van der Waals surface area contributed by atoms with Crippen LogP contribution in [0.2, 0.25) is 0 Å². The largest absolute Gasteiger partial charge is 0.314 e. The highest BCUT2D eigenvalue weighted by atomic mass is 14.9. The van der Waals surface area contributed by atoms with Gasteiger partial charge in [-0.25, -0.2) is 0 Å². The van der Waals surface area contributed by atoms with E-state index in [1.807, 2.05) is 0 Å². The van der Waals surface area contributed by atoms with E-state index in [0.29, 0.717) is 6.04 Å². The summed E-state index contributed by atoms with van der Waals surface area (Å²) >= 11 is 0. The molecule has 2 atom stereocenters. The van der Waals surface area contributed by atoms with Crippen molar-refractivity contribution in [2.24, 2.45) is 5.92 Å². The van der Waals surface area contributed by atoms with Gasteiger partial charge in [0.2, 0.25) is 0 Å². The number of hydrogen-bond donors (Lipinski definition) is 1. The maximum Gasteiger partial charge on any atom is 0.0110 e. The quantitative estimate of drug-likeness (QED) is 0.714. The minimum Gasteiger partial charge on any atom is -0.314 e. The van der Waals surface area contributed by atoms with Crippen molar-refractivity contribution < 1.29 is 0 Å². The zero-order valence-corrected chi connectivity index (χ0v) is 11.6. The second kappa shape index (κ2) is 8.30. The van der Waals surface area contributed by atoms with Crippen LogP contribution in [0.15, 0.2) is 30.3 Å². The first-order valence-electron chi connectivity index (χ1n) is 7.03. The number of nitrogens with one attached hydrogen (secondary N) is 1. The fourth-order valence-electron chi connectivity index (χ4n) is 2.14. The van der Waals surface area contributed by atoms with Crippen molar-refractivity contribution in [2.45, 2.75) is 52.5 Å². The average molecular weight is 233 g/mol. The van der Waals surface area contributed by atoms with E-state index < -0.39 is 0 Å². The van der Waals surface area contributed by atoms with Gasteiger partial charge < -0.3 is 5.32 Å². The third kappa shape index (κ3) is 5.88. The molecule has 0 saturated heterocycles. The first-order valence-corrected chi connectivity index (χ1v) is 7.03. The summed E-state index contributed by atoms with van der Waals surface area (Å²) in [4.78, 5) is 0. The van der Waals surface area contributed by atoms with Crippen molar-refractivity contribution in [3.05, 3.63) is 35.9 Å². The van der Waals surface area contributed by atoms with Crippen molar-refractivity contribution in [3.8, 4) is 0 Å². The van der Waals surface area contributed by atoms with Crippen molar-refractivity contribution in [3.63, 3.8) is 0 Å². The van der Waals surface area contributed by atoms with E-state index in [9.17, 15) is 0 Å². The van der Waals surface area contributed by atoms with Gasteiger partial charge in [0.25, 0.3) is 0 Å². The first-order chi connectivity index (χ1) is 8.26. The van der Waals surface area contributed by atoms with Gasteiger partial charge in [0, 0.05) is 6.04 Å². The van der Waals surface area contributed by atoms with Gasteiger partial charge in [0.15, 0.2) is 0 Å². The van der Waals surface area contributed by atoms with Crippen LogP contribution in [0.4, 0.5) is 0 Å². The molecular formula is C16H27N. The van der Waals surface area contributed by atoms with Gasteiger partial charge in [-0.2, -0.15) is 0 Å². The van der Waals surface area contributed by atoms with E-state index in [1.165, 1.54) is 24.8 Å². The summed E-state index contributed by atoms with van der Waals surface area (Å²) in [5.74, 6) is 0.813. The monoisotopic (exact) mass is 233 g/mol. The number of hydrogen-bond acceptors (Lipinski definition) is 1. The molecule has 0 saturated carbocycles. The van der Waals surface area contributed by atoms with Crippen LogP contribution in [0.1, 0.15) is 45.6 Å². The third-order valence-electron chi connectivity index (χ3n) is 3.39. The van der Waals surface area contributed by atoms with Crippen LogP contribution in [0.25, 0.3) is 0 Å². The van der Waals surface area contributed by atoms with E-state index in [1.54, 1.807) is 0 Å². The molecule has 1 nitrogen and oxygen atoms in total. The van der Waals surface area contributed by atoms with Crippen LogP contribution in [0.3, 0.4) is 0 Å². The molecule has 96 valence electrons. The van der Waals surface area contributed by atoms with E-state index in [4.69, 9.17) is 0 Å². The lowest BCUT2D eigenvalue weighted by molar-refractivity contribution is 0.391. The molecule has 0 radical (unpaired) electrons. The fourth-order valence-corrected chi connectivity index (χ4v) is 2.14. The summed E-state index contributed by atoms with van der Waals surface area (Å²) in [6.07, 6.45) is 4.93. The van der Waals surface area contributed by atoms with Crippen LogP contribution < -0.4 is 5.32 Å². The van der Waals surface area contributed by atoms with E-state index in [-0.39, 0.29) is 0 Å². The molecule has 17 heavy (non-hydrogen) atoms. The summed E-state index contributed by atoms with van der Waals surface area (Å²) in [6, 6.07) is 11.5. The van der Waals surface area contributed by atoms with Crippen LogP contribution in [0.5, 0.6) is 0 Å². The number of benzene rings is 1. The molecule has 1 aromatic rings. The van der Waals surface area contributed by atoms with E-state index in [2.05, 4.69) is 56.4 Å². The van der Waals surface area contributed by atoms with Gasteiger partial charge in [-0.05, 0) is 37.3 Å². The molecule has 0 aliphatic rings. The summed E-state index contributed by atoms with van der Waals surface area (Å²) < 4.78 is 0. The minimum atomic E-state index is 0.632. The molecule has 1 N–H and O–H groups in total. The normalized spacial score (nSPS) is 14.5. The molecule has 0 aliphatic carbocycles. The van der Waals surface area contributed by atoms with Gasteiger partial charge in [0.1, 0.15) is 0 Å². The van der Waals surface area contributed by atoms with Crippen molar-refractivity contribution in [2.75, 3.05) is 6.54 Å². The lowest BCUT2D eigenvalue weighted by atomic mass is 9.94. The van der Waals surface area contributed by atoms with Gasteiger partial charge in [-0.1, -0.05) is 57.5 Å². The first kappa shape index (κ1) is 14.2. The van der Waals surface area contributed by atoms with Crippen LogP contribution in [-0.4, -0.2) is 12.6 Å². The Morgan fingerprint density at radius 3 is 2.41 bits per heavy atom. The Bertz CT molecular complexity index is 281. The standard InChI is InChI=1S/C16H27N/c1-4-11-17-16(12-14(3)5-2)13-15-9-7-6-8-10-15/h6-10,14,16-17H,4-5,11-13H2,1-3H3. The van der Waals surface area contributed by atoms with E-state index >= 15 is 0 Å². The van der Waals surface area contributed by atoms with E-state index in [0.717, 1.165) is 18.9 Å². The third-order valence-corrected chi connectivity index (χ3v) is 3.39. The zero-order chi connectivity index (χ0) is 12.5. The predicted octanol–water partition coefficient (Wildman–Crippen LogP) is 4.03. The summed E-state index contributed by atoms with van der Waals surface area (Å²) in [6.45, 7) is 8.00. The Kier molecular flexibility index (Phi) is 6.95. The van der Waals surface area contributed by atoms with Gasteiger partial charge >= 0.3 is 0 Å². The summed E-state index contributed by atoms with van der Waals surface area (Å²) in [5.41, 5.74) is 1.45. The molecule has 0 amide bonds. The molecule has 0 aliphatic heterocycles. The molecule has 1 heteroatoms. The molecular weight excluding hydrogens is 206 g/mol. The van der Waals surface area contributed by atoms with Gasteiger partial charge in [-0.3, -0.25) is 0 Å². The molecule has 1 rings (SSSR count). The lowest BCUT2D eigenvalue weighted by Gasteiger charge is -2.21. The van der Waals surface area contributed by atoms with Crippen molar-refractivity contribution in [1.29, 1.82) is 0 Å². The lowest BCUT2D eigenvalue weighted by Crippen LogP contribution is -2.33. The zero-order valence-electron chi connectivity index (χ0n) is 11.6. The highest BCUT2D eigenvalue weighted by Crippen LogP contribution is 2.14. The Morgan fingerprint density at radius 1 is 1.12 bits per heavy atom. The van der Waals surface area contributed by atoms with Gasteiger partial charge in [-0.15, -0.1) is 0 Å². The second-order valence-corrected chi connectivity index (χ2v) is 5.09. The Balaban J connectivity index is 2.50. The van der Waals surface area contributed by atoms with Crippen LogP contribution in [-0.2, 0) is 6.42 Å². The Morgan fingerprint density at radius 2 is 1.82 bits per heavy atom. The molecule has 2 unspecified atom stereocenters. The summed E-state index contributed by atoms with van der Waals surface area (Å²) in [5, 5.41) is 3.68. The topological polar surface area (TPSA) is 12.0 Å². The van der Waals surface area contributed by atoms with Gasteiger partial charge in [0.05, 0.1) is 0 Å². The second-order valence-electron chi connectivity index (χ2n) is 5.09. The molecule has 0 spiro atoms.